The molecule has 170 valence electrons. The van der Waals surface area contributed by atoms with Gasteiger partial charge < -0.3 is 14.8 Å². The first-order chi connectivity index (χ1) is 14.7. The number of amides is 1. The Kier molecular flexibility index (Phi) is 9.18. The zero-order valence-electron chi connectivity index (χ0n) is 18.6. The Morgan fingerprint density at radius 2 is 1.77 bits per heavy atom. The molecule has 0 fully saturated rings. The van der Waals surface area contributed by atoms with E-state index in [0.717, 1.165) is 17.6 Å². The van der Waals surface area contributed by atoms with Gasteiger partial charge in [-0.05, 0) is 51.5 Å². The van der Waals surface area contributed by atoms with E-state index in [9.17, 15) is 13.2 Å². The second-order valence-corrected chi connectivity index (χ2v) is 9.34. The molecule has 0 aliphatic rings. The molecular weight excluding hydrogens is 416 g/mol. The minimum atomic E-state index is -3.52. The Balaban J connectivity index is 1.86. The van der Waals surface area contributed by atoms with E-state index in [1.54, 1.807) is 24.3 Å². The van der Waals surface area contributed by atoms with Gasteiger partial charge in [-0.2, -0.15) is 0 Å². The quantitative estimate of drug-likeness (QED) is 0.537. The van der Waals surface area contributed by atoms with Crippen molar-refractivity contribution in [2.24, 2.45) is 0 Å². The standard InChI is InChI=1S/C23H32N2O5S/c1-5-29-22-10-7-6-9-21(22)25(31(4,27)28)16-8-11-23(26)24-19(3)17-30-20-14-12-18(2)13-15-20/h6-7,9-10,12-15,19H,5,8,11,16-17H2,1-4H3,(H,24,26)/t19-/m1/s1. The predicted molar refractivity (Wildman–Crippen MR) is 123 cm³/mol. The molecule has 0 heterocycles. The third-order valence-electron chi connectivity index (χ3n) is 4.53. The molecule has 0 bridgehead atoms. The van der Waals surface area contributed by atoms with Crippen LogP contribution in [-0.4, -0.2) is 46.4 Å². The molecule has 0 spiro atoms. The van der Waals surface area contributed by atoms with Crippen molar-refractivity contribution in [1.82, 2.24) is 5.32 Å². The van der Waals surface area contributed by atoms with E-state index in [-0.39, 0.29) is 24.9 Å². The minimum absolute atomic E-state index is 0.147. The summed E-state index contributed by atoms with van der Waals surface area (Å²) in [7, 11) is -3.52. The zero-order valence-corrected chi connectivity index (χ0v) is 19.4. The summed E-state index contributed by atoms with van der Waals surface area (Å²) < 4.78 is 37.2. The number of nitrogens with zero attached hydrogens (tertiary/aromatic N) is 1. The van der Waals surface area contributed by atoms with E-state index in [1.165, 1.54) is 4.31 Å². The first kappa shape index (κ1) is 24.5. The van der Waals surface area contributed by atoms with Crippen LogP contribution >= 0.6 is 0 Å². The van der Waals surface area contributed by atoms with Crippen LogP contribution in [0.25, 0.3) is 0 Å². The highest BCUT2D eigenvalue weighted by Gasteiger charge is 2.21. The molecule has 0 saturated heterocycles. The lowest BCUT2D eigenvalue weighted by Gasteiger charge is -2.24. The predicted octanol–water partition coefficient (Wildman–Crippen LogP) is 3.52. The lowest BCUT2D eigenvalue weighted by Crippen LogP contribution is -2.37. The highest BCUT2D eigenvalue weighted by atomic mass is 32.2. The Hall–Kier alpha value is -2.74. The molecule has 2 aromatic carbocycles. The second kappa shape index (κ2) is 11.6. The van der Waals surface area contributed by atoms with E-state index in [2.05, 4.69) is 5.32 Å². The number of hydrogen-bond acceptors (Lipinski definition) is 5. The van der Waals surface area contributed by atoms with E-state index < -0.39 is 10.0 Å². The van der Waals surface area contributed by atoms with Crippen molar-refractivity contribution >= 4 is 21.6 Å². The molecule has 0 aromatic heterocycles. The molecule has 0 aliphatic heterocycles. The van der Waals surface area contributed by atoms with Gasteiger partial charge in [0.2, 0.25) is 15.9 Å². The number of benzene rings is 2. The molecular formula is C23H32N2O5S. The molecule has 0 unspecified atom stereocenters. The molecule has 2 aromatic rings. The van der Waals surface area contributed by atoms with Crippen LogP contribution in [0.15, 0.2) is 48.5 Å². The number of nitrogens with one attached hydrogen (secondary N) is 1. The maximum absolute atomic E-state index is 12.3. The first-order valence-corrected chi connectivity index (χ1v) is 12.2. The number of carbonyl (C=O) groups is 1. The Morgan fingerprint density at radius 1 is 1.10 bits per heavy atom. The number of rotatable bonds is 12. The summed E-state index contributed by atoms with van der Waals surface area (Å²) in [6.07, 6.45) is 1.74. The van der Waals surface area contributed by atoms with Crippen LogP contribution in [0.4, 0.5) is 5.69 Å². The average Bonchev–Trinajstić information content (AvgIpc) is 2.71. The van der Waals surface area contributed by atoms with Gasteiger partial charge in [-0.15, -0.1) is 0 Å². The van der Waals surface area contributed by atoms with Gasteiger partial charge in [-0.1, -0.05) is 29.8 Å². The number of anilines is 1. The third kappa shape index (κ3) is 8.13. The van der Waals surface area contributed by atoms with Gasteiger partial charge in [-0.25, -0.2) is 8.42 Å². The van der Waals surface area contributed by atoms with Crippen molar-refractivity contribution in [3.8, 4) is 11.5 Å². The molecule has 1 atom stereocenters. The van der Waals surface area contributed by atoms with Crippen molar-refractivity contribution in [2.75, 3.05) is 30.3 Å². The molecule has 1 amide bonds. The normalized spacial score (nSPS) is 12.1. The maximum Gasteiger partial charge on any atom is 0.232 e. The Morgan fingerprint density at radius 3 is 2.42 bits per heavy atom. The van der Waals surface area contributed by atoms with Crippen molar-refractivity contribution < 1.29 is 22.7 Å². The lowest BCUT2D eigenvalue weighted by molar-refractivity contribution is -0.121. The number of ether oxygens (including phenoxy) is 2. The molecule has 0 radical (unpaired) electrons. The summed E-state index contributed by atoms with van der Waals surface area (Å²) in [5.41, 5.74) is 1.63. The molecule has 31 heavy (non-hydrogen) atoms. The van der Waals surface area contributed by atoms with Crippen LogP contribution in [-0.2, 0) is 14.8 Å². The van der Waals surface area contributed by atoms with E-state index in [0.29, 0.717) is 31.1 Å². The van der Waals surface area contributed by atoms with Crippen LogP contribution in [0.5, 0.6) is 11.5 Å². The summed E-state index contributed by atoms with van der Waals surface area (Å²) in [4.78, 5) is 12.3. The number of para-hydroxylation sites is 2. The molecule has 8 heteroatoms. The number of hydrogen-bond donors (Lipinski definition) is 1. The molecule has 7 nitrogen and oxygen atoms in total. The largest absolute Gasteiger partial charge is 0.492 e. The van der Waals surface area contributed by atoms with Crippen LogP contribution in [0.2, 0.25) is 0 Å². The van der Waals surface area contributed by atoms with Crippen molar-refractivity contribution in [3.05, 3.63) is 54.1 Å². The van der Waals surface area contributed by atoms with E-state index in [4.69, 9.17) is 9.47 Å². The number of carbonyl (C=O) groups excluding carboxylic acids is 1. The molecule has 2 rings (SSSR count). The van der Waals surface area contributed by atoms with Crippen LogP contribution in [0.1, 0.15) is 32.3 Å². The van der Waals surface area contributed by atoms with Gasteiger partial charge in [0.1, 0.15) is 18.1 Å². The molecule has 0 saturated carbocycles. The summed E-state index contributed by atoms with van der Waals surface area (Å²) in [6.45, 7) is 6.69. The van der Waals surface area contributed by atoms with Crippen molar-refractivity contribution in [1.29, 1.82) is 0 Å². The zero-order chi connectivity index (χ0) is 22.9. The summed E-state index contributed by atoms with van der Waals surface area (Å²) in [5.74, 6) is 1.11. The fourth-order valence-corrected chi connectivity index (χ4v) is 4.00. The third-order valence-corrected chi connectivity index (χ3v) is 5.71. The number of aryl methyl sites for hydroxylation is 1. The lowest BCUT2D eigenvalue weighted by atomic mass is 10.2. The summed E-state index contributed by atoms with van der Waals surface area (Å²) in [6, 6.07) is 14.6. The summed E-state index contributed by atoms with van der Waals surface area (Å²) in [5, 5.41) is 2.89. The van der Waals surface area contributed by atoms with Gasteiger partial charge in [0.15, 0.2) is 0 Å². The number of sulfonamides is 1. The van der Waals surface area contributed by atoms with Crippen LogP contribution in [0.3, 0.4) is 0 Å². The van der Waals surface area contributed by atoms with Crippen molar-refractivity contribution in [3.63, 3.8) is 0 Å². The second-order valence-electron chi connectivity index (χ2n) is 7.43. The van der Waals surface area contributed by atoms with Gasteiger partial charge in [0, 0.05) is 13.0 Å². The molecule has 0 aliphatic carbocycles. The van der Waals surface area contributed by atoms with Crippen molar-refractivity contribution in [2.45, 2.75) is 39.7 Å². The highest BCUT2D eigenvalue weighted by molar-refractivity contribution is 7.92. The van der Waals surface area contributed by atoms with Crippen LogP contribution in [0, 0.1) is 6.92 Å². The van der Waals surface area contributed by atoms with Gasteiger partial charge >= 0.3 is 0 Å². The highest BCUT2D eigenvalue weighted by Crippen LogP contribution is 2.30. The van der Waals surface area contributed by atoms with E-state index in [1.807, 2.05) is 45.0 Å². The Bertz CT molecular complexity index is 945. The smallest absolute Gasteiger partial charge is 0.232 e. The monoisotopic (exact) mass is 448 g/mol. The van der Waals surface area contributed by atoms with Gasteiger partial charge in [0.05, 0.1) is 24.6 Å². The molecule has 1 N–H and O–H groups in total. The maximum atomic E-state index is 12.3. The first-order valence-electron chi connectivity index (χ1n) is 10.4. The fourth-order valence-electron chi connectivity index (χ4n) is 3.03. The fraction of sp³-hybridized carbons (Fsp3) is 0.435. The van der Waals surface area contributed by atoms with Crippen LogP contribution < -0.4 is 19.1 Å². The Labute approximate surface area is 185 Å². The van der Waals surface area contributed by atoms with Gasteiger partial charge in [-0.3, -0.25) is 9.10 Å². The minimum Gasteiger partial charge on any atom is -0.492 e. The van der Waals surface area contributed by atoms with Gasteiger partial charge in [0.25, 0.3) is 0 Å². The SMILES string of the molecule is CCOc1ccccc1N(CCCC(=O)N[C@H](C)COc1ccc(C)cc1)S(C)(=O)=O. The summed E-state index contributed by atoms with van der Waals surface area (Å²) >= 11 is 0. The average molecular weight is 449 g/mol. The van der Waals surface area contributed by atoms with E-state index >= 15 is 0 Å². The topological polar surface area (TPSA) is 84.9 Å².